The molecule has 2 aromatic carbocycles. The van der Waals surface area contributed by atoms with E-state index in [1.165, 1.54) is 49.8 Å². The van der Waals surface area contributed by atoms with Gasteiger partial charge in [-0.1, -0.05) is 43.5 Å². The molecule has 0 bridgehead atoms. The summed E-state index contributed by atoms with van der Waals surface area (Å²) >= 11 is 0. The average Bonchev–Trinajstić information content (AvgIpc) is 3.21. The van der Waals surface area contributed by atoms with Crippen LogP contribution in [0.25, 0.3) is 0 Å². The first-order valence-corrected chi connectivity index (χ1v) is 12.1. The second-order valence-corrected chi connectivity index (χ2v) is 9.76. The molecule has 180 valence electrons. The first-order valence-electron chi connectivity index (χ1n) is 12.1. The lowest BCUT2D eigenvalue weighted by Gasteiger charge is -2.34. The van der Waals surface area contributed by atoms with Crippen molar-refractivity contribution in [3.8, 4) is 5.75 Å². The highest BCUT2D eigenvalue weighted by molar-refractivity contribution is 5.32. The van der Waals surface area contributed by atoms with Gasteiger partial charge in [0.25, 0.3) is 0 Å². The lowest BCUT2D eigenvalue weighted by atomic mass is 9.87. The van der Waals surface area contributed by atoms with Crippen molar-refractivity contribution in [3.05, 3.63) is 65.2 Å². The van der Waals surface area contributed by atoms with Gasteiger partial charge in [0.2, 0.25) is 0 Å². The molecule has 0 N–H and O–H groups in total. The molecule has 0 amide bonds. The molecule has 0 aromatic heterocycles. The van der Waals surface area contributed by atoms with Crippen molar-refractivity contribution in [3.63, 3.8) is 0 Å². The van der Waals surface area contributed by atoms with Gasteiger partial charge >= 0.3 is 6.18 Å². The first-order chi connectivity index (χ1) is 15.8. The maximum absolute atomic E-state index is 12.9. The average molecular weight is 461 g/mol. The summed E-state index contributed by atoms with van der Waals surface area (Å²) in [5.74, 6) is 1.71. The van der Waals surface area contributed by atoms with Crippen LogP contribution in [0.15, 0.2) is 48.5 Å². The smallest absolute Gasteiger partial charge is 0.416 e. The molecule has 2 aliphatic rings. The predicted molar refractivity (Wildman–Crippen MR) is 125 cm³/mol. The van der Waals surface area contributed by atoms with Gasteiger partial charge in [-0.3, -0.25) is 4.90 Å². The fraction of sp³-hybridized carbons (Fsp3) is 0.556. The van der Waals surface area contributed by atoms with Crippen molar-refractivity contribution in [1.82, 2.24) is 9.80 Å². The van der Waals surface area contributed by atoms with Gasteiger partial charge in [0.05, 0.1) is 12.7 Å². The summed E-state index contributed by atoms with van der Waals surface area (Å²) in [5, 5.41) is 0. The van der Waals surface area contributed by atoms with E-state index < -0.39 is 11.7 Å². The zero-order valence-corrected chi connectivity index (χ0v) is 19.7. The van der Waals surface area contributed by atoms with Crippen molar-refractivity contribution in [2.75, 3.05) is 33.8 Å². The molecule has 2 atom stereocenters. The maximum atomic E-state index is 12.9. The molecule has 0 radical (unpaired) electrons. The zero-order chi connectivity index (χ0) is 23.4. The van der Waals surface area contributed by atoms with Gasteiger partial charge in [-0.25, -0.2) is 0 Å². The Morgan fingerprint density at radius 3 is 2.39 bits per heavy atom. The van der Waals surface area contributed by atoms with Crippen LogP contribution in [0.3, 0.4) is 0 Å². The topological polar surface area (TPSA) is 15.7 Å². The van der Waals surface area contributed by atoms with Crippen LogP contribution in [0.4, 0.5) is 13.2 Å². The summed E-state index contributed by atoms with van der Waals surface area (Å²) in [6.45, 7) is 3.55. The molecule has 1 saturated carbocycles. The highest BCUT2D eigenvalue weighted by Crippen LogP contribution is 2.37. The summed E-state index contributed by atoms with van der Waals surface area (Å²) in [6.07, 6.45) is 2.25. The van der Waals surface area contributed by atoms with E-state index in [0.717, 1.165) is 30.9 Å². The van der Waals surface area contributed by atoms with Crippen molar-refractivity contribution < 1.29 is 17.9 Å². The number of methoxy groups -OCH3 is 1. The predicted octanol–water partition coefficient (Wildman–Crippen LogP) is 6.19. The summed E-state index contributed by atoms with van der Waals surface area (Å²) < 4.78 is 44.2. The molecule has 2 fully saturated rings. The van der Waals surface area contributed by atoms with Crippen LogP contribution >= 0.6 is 0 Å². The number of nitrogens with zero attached hydrogens (tertiary/aromatic N) is 2. The Hall–Kier alpha value is -2.05. The van der Waals surface area contributed by atoms with E-state index in [4.69, 9.17) is 4.74 Å². The molecule has 1 saturated heterocycles. The monoisotopic (exact) mass is 460 g/mol. The Balaban J connectivity index is 1.49. The minimum Gasteiger partial charge on any atom is -0.497 e. The lowest BCUT2D eigenvalue weighted by Crippen LogP contribution is -2.38. The number of hydrogen-bond acceptors (Lipinski definition) is 3. The quantitative estimate of drug-likeness (QED) is 0.490. The minimum atomic E-state index is -4.29. The summed E-state index contributed by atoms with van der Waals surface area (Å²) in [7, 11) is 3.95. The molecular weight excluding hydrogens is 425 g/mol. The first kappa shape index (κ1) is 24.1. The second-order valence-electron chi connectivity index (χ2n) is 9.76. The SMILES string of the molecule is COc1cccc(C2CN(Cc3ccc(C(F)(F)F)cc3)CC2CN(C)C2CCCCC2)c1. The van der Waals surface area contributed by atoms with Crippen LogP contribution in [0, 0.1) is 5.92 Å². The van der Waals surface area contributed by atoms with Gasteiger partial charge in [-0.2, -0.15) is 13.2 Å². The molecule has 1 aliphatic carbocycles. The third kappa shape index (κ3) is 6.10. The second kappa shape index (κ2) is 10.5. The fourth-order valence-electron chi connectivity index (χ4n) is 5.62. The molecule has 3 nitrogen and oxygen atoms in total. The number of ether oxygens (including phenoxy) is 1. The summed E-state index contributed by atoms with van der Waals surface area (Å²) in [4.78, 5) is 4.95. The zero-order valence-electron chi connectivity index (χ0n) is 19.7. The van der Waals surface area contributed by atoms with Gasteiger partial charge in [0, 0.05) is 38.1 Å². The Morgan fingerprint density at radius 1 is 1.00 bits per heavy atom. The number of hydrogen-bond donors (Lipinski definition) is 0. The third-order valence-electron chi connectivity index (χ3n) is 7.45. The molecule has 1 heterocycles. The summed E-state index contributed by atoms with van der Waals surface area (Å²) in [5.41, 5.74) is 1.62. The van der Waals surface area contributed by atoms with Gasteiger partial charge in [0.1, 0.15) is 5.75 Å². The number of rotatable bonds is 7. The molecule has 4 rings (SSSR count). The molecule has 0 spiro atoms. The van der Waals surface area contributed by atoms with Crippen LogP contribution in [0.5, 0.6) is 5.75 Å². The van der Waals surface area contributed by atoms with Gasteiger partial charge in [0.15, 0.2) is 0 Å². The van der Waals surface area contributed by atoms with Gasteiger partial charge < -0.3 is 9.64 Å². The maximum Gasteiger partial charge on any atom is 0.416 e. The van der Waals surface area contributed by atoms with E-state index in [9.17, 15) is 13.2 Å². The van der Waals surface area contributed by atoms with E-state index in [1.54, 1.807) is 19.2 Å². The molecule has 1 aliphatic heterocycles. The largest absolute Gasteiger partial charge is 0.497 e. The number of alkyl halides is 3. The lowest BCUT2D eigenvalue weighted by molar-refractivity contribution is -0.137. The molecular formula is C27H35F3N2O. The Labute approximate surface area is 195 Å². The van der Waals surface area contributed by atoms with Gasteiger partial charge in [-0.15, -0.1) is 0 Å². The number of benzene rings is 2. The fourth-order valence-corrected chi connectivity index (χ4v) is 5.62. The van der Waals surface area contributed by atoms with Crippen molar-refractivity contribution in [1.29, 1.82) is 0 Å². The van der Waals surface area contributed by atoms with E-state index >= 15 is 0 Å². The minimum absolute atomic E-state index is 0.376. The van der Waals surface area contributed by atoms with Crippen molar-refractivity contribution in [2.45, 2.75) is 56.8 Å². The highest BCUT2D eigenvalue weighted by Gasteiger charge is 2.36. The molecule has 6 heteroatoms. The van der Waals surface area contributed by atoms with Gasteiger partial charge in [-0.05, 0) is 61.2 Å². The number of likely N-dealkylation sites (tertiary alicyclic amines) is 1. The van der Waals surface area contributed by atoms with Crippen LogP contribution < -0.4 is 4.74 Å². The normalized spacial score (nSPS) is 22.7. The van der Waals surface area contributed by atoms with Crippen LogP contribution in [0.2, 0.25) is 0 Å². The number of halogens is 3. The Morgan fingerprint density at radius 2 is 1.73 bits per heavy atom. The molecule has 2 aromatic rings. The highest BCUT2D eigenvalue weighted by atomic mass is 19.4. The van der Waals surface area contributed by atoms with Crippen LogP contribution in [-0.4, -0.2) is 49.6 Å². The van der Waals surface area contributed by atoms with E-state index in [1.807, 2.05) is 6.07 Å². The molecule has 33 heavy (non-hydrogen) atoms. The standard InChI is InChI=1S/C27H35F3N2O/c1-31(24-8-4-3-5-9-24)17-22-18-32(16-20-11-13-23(14-12-20)27(28,29)30)19-26(22)21-7-6-10-25(15-21)33-2/h6-7,10-15,22,24,26H,3-5,8-9,16-19H2,1-2H3. The van der Waals surface area contributed by atoms with E-state index in [-0.39, 0.29) is 0 Å². The Kier molecular flexibility index (Phi) is 7.65. The Bertz CT molecular complexity index is 893. The molecule has 2 unspecified atom stereocenters. The van der Waals surface area contributed by atoms with Crippen LogP contribution in [-0.2, 0) is 12.7 Å². The third-order valence-corrected chi connectivity index (χ3v) is 7.45. The van der Waals surface area contributed by atoms with E-state index in [0.29, 0.717) is 24.4 Å². The van der Waals surface area contributed by atoms with Crippen LogP contribution in [0.1, 0.15) is 54.7 Å². The van der Waals surface area contributed by atoms with Crippen molar-refractivity contribution >= 4 is 0 Å². The summed E-state index contributed by atoms with van der Waals surface area (Å²) in [6, 6.07) is 14.6. The van der Waals surface area contributed by atoms with E-state index in [2.05, 4.69) is 35.0 Å². The van der Waals surface area contributed by atoms with Crippen molar-refractivity contribution in [2.24, 2.45) is 5.92 Å².